The molecular formula is C17H15ClO3S. The molecule has 1 aliphatic rings. The zero-order valence-corrected chi connectivity index (χ0v) is 13.6. The smallest absolute Gasteiger partial charge is 0.181 e. The van der Waals surface area contributed by atoms with Crippen LogP contribution in [0.5, 0.6) is 0 Å². The fourth-order valence-electron chi connectivity index (χ4n) is 2.52. The van der Waals surface area contributed by atoms with E-state index in [9.17, 15) is 13.2 Å². The number of sulfone groups is 1. The number of ketones is 1. The Labute approximate surface area is 134 Å². The molecule has 0 radical (unpaired) electrons. The quantitative estimate of drug-likeness (QED) is 0.801. The summed E-state index contributed by atoms with van der Waals surface area (Å²) in [5.74, 6) is -0.579. The molecule has 1 saturated carbocycles. The minimum Gasteiger partial charge on any atom is -0.294 e. The fourth-order valence-corrected chi connectivity index (χ4v) is 4.53. The Hall–Kier alpha value is -1.65. The molecule has 0 spiro atoms. The van der Waals surface area contributed by atoms with Crippen molar-refractivity contribution in [3.8, 4) is 0 Å². The van der Waals surface area contributed by atoms with Gasteiger partial charge in [0.05, 0.1) is 10.1 Å². The number of halogens is 1. The van der Waals surface area contributed by atoms with Gasteiger partial charge in [-0.25, -0.2) is 8.42 Å². The number of aryl methyl sites for hydroxylation is 1. The molecule has 0 N–H and O–H groups in total. The summed E-state index contributed by atoms with van der Waals surface area (Å²) in [6.45, 7) is 1.90. The SMILES string of the molecule is Cc1ccc(S(=O)(=O)[C@@H]2C[C@H]2C(=O)c2ccc(Cl)cc2)cc1. The van der Waals surface area contributed by atoms with E-state index in [4.69, 9.17) is 11.6 Å². The third-order valence-electron chi connectivity index (χ3n) is 3.95. The van der Waals surface area contributed by atoms with Crippen molar-refractivity contribution in [1.29, 1.82) is 0 Å². The van der Waals surface area contributed by atoms with Gasteiger partial charge in [-0.15, -0.1) is 0 Å². The Kier molecular flexibility index (Phi) is 3.83. The molecule has 0 saturated heterocycles. The molecule has 114 valence electrons. The molecule has 2 aromatic rings. The highest BCUT2D eigenvalue weighted by Crippen LogP contribution is 2.42. The van der Waals surface area contributed by atoms with E-state index in [1.807, 2.05) is 6.92 Å². The van der Waals surface area contributed by atoms with Crippen LogP contribution < -0.4 is 0 Å². The largest absolute Gasteiger partial charge is 0.294 e. The van der Waals surface area contributed by atoms with Crippen LogP contribution in [0.1, 0.15) is 22.3 Å². The first-order valence-corrected chi connectivity index (χ1v) is 8.92. The van der Waals surface area contributed by atoms with Crippen LogP contribution >= 0.6 is 11.6 Å². The number of benzene rings is 2. The first-order valence-electron chi connectivity index (χ1n) is 7.00. The first kappa shape index (κ1) is 15.3. The molecule has 0 amide bonds. The zero-order valence-electron chi connectivity index (χ0n) is 12.0. The van der Waals surface area contributed by atoms with E-state index in [1.165, 1.54) is 0 Å². The topological polar surface area (TPSA) is 51.2 Å². The van der Waals surface area contributed by atoms with Gasteiger partial charge < -0.3 is 0 Å². The lowest BCUT2D eigenvalue weighted by atomic mass is 10.1. The highest BCUT2D eigenvalue weighted by atomic mass is 35.5. The van der Waals surface area contributed by atoms with E-state index in [0.29, 0.717) is 17.0 Å². The number of hydrogen-bond donors (Lipinski definition) is 0. The van der Waals surface area contributed by atoms with Gasteiger partial charge in [0, 0.05) is 16.5 Å². The molecule has 1 aliphatic carbocycles. The van der Waals surface area contributed by atoms with E-state index in [-0.39, 0.29) is 10.7 Å². The van der Waals surface area contributed by atoms with E-state index in [0.717, 1.165) is 5.56 Å². The molecular weight excluding hydrogens is 320 g/mol. The average molecular weight is 335 g/mol. The highest BCUT2D eigenvalue weighted by Gasteiger charge is 2.52. The van der Waals surface area contributed by atoms with Crippen LogP contribution in [-0.2, 0) is 9.84 Å². The molecule has 5 heteroatoms. The molecule has 1 fully saturated rings. The number of Topliss-reactive ketones (excluding diaryl/α,β-unsaturated/α-hetero) is 1. The third kappa shape index (κ3) is 2.81. The van der Waals surface area contributed by atoms with Crippen molar-refractivity contribution in [3.05, 3.63) is 64.7 Å². The normalized spacial score (nSPS) is 20.6. The Balaban J connectivity index is 1.80. The predicted octanol–water partition coefficient (Wildman–Crippen LogP) is 3.69. The standard InChI is InChI=1S/C17H15ClO3S/c1-11-2-8-14(9-3-11)22(20,21)16-10-15(16)17(19)12-4-6-13(18)7-5-12/h2-9,15-16H,10H2,1H3/t15-,16-/m1/s1. The summed E-state index contributed by atoms with van der Waals surface area (Å²) < 4.78 is 25.1. The van der Waals surface area contributed by atoms with Crippen LogP contribution in [0.4, 0.5) is 0 Å². The number of rotatable bonds is 4. The Morgan fingerprint density at radius 1 is 1.05 bits per heavy atom. The van der Waals surface area contributed by atoms with Gasteiger partial charge in [0.25, 0.3) is 0 Å². The second-order valence-electron chi connectivity index (χ2n) is 5.61. The second kappa shape index (κ2) is 5.52. The monoisotopic (exact) mass is 334 g/mol. The van der Waals surface area contributed by atoms with Gasteiger partial charge in [0.1, 0.15) is 0 Å². The minimum atomic E-state index is -3.44. The molecule has 3 nitrogen and oxygen atoms in total. The highest BCUT2D eigenvalue weighted by molar-refractivity contribution is 7.92. The summed E-state index contributed by atoms with van der Waals surface area (Å²) in [6, 6.07) is 13.3. The van der Waals surface area contributed by atoms with Crippen molar-refractivity contribution in [2.45, 2.75) is 23.5 Å². The number of hydrogen-bond acceptors (Lipinski definition) is 3. The second-order valence-corrected chi connectivity index (χ2v) is 8.21. The average Bonchev–Trinajstić information content (AvgIpc) is 3.29. The minimum absolute atomic E-state index is 0.127. The van der Waals surface area contributed by atoms with E-state index >= 15 is 0 Å². The van der Waals surface area contributed by atoms with Crippen LogP contribution in [0.25, 0.3) is 0 Å². The van der Waals surface area contributed by atoms with E-state index < -0.39 is 21.0 Å². The Morgan fingerprint density at radius 3 is 2.23 bits per heavy atom. The molecule has 2 aromatic carbocycles. The number of carbonyl (C=O) groups is 1. The lowest BCUT2D eigenvalue weighted by Crippen LogP contribution is -2.14. The van der Waals surface area contributed by atoms with Gasteiger partial charge >= 0.3 is 0 Å². The van der Waals surface area contributed by atoms with Crippen LogP contribution in [0.15, 0.2) is 53.4 Å². The third-order valence-corrected chi connectivity index (χ3v) is 6.44. The van der Waals surface area contributed by atoms with Crippen LogP contribution in [-0.4, -0.2) is 19.5 Å². The summed E-state index contributed by atoms with van der Waals surface area (Å²) in [5, 5.41) is -0.0606. The van der Waals surface area contributed by atoms with Crippen LogP contribution in [0, 0.1) is 12.8 Å². The lowest BCUT2D eigenvalue weighted by Gasteiger charge is -2.05. The van der Waals surface area contributed by atoms with Gasteiger partial charge in [0.2, 0.25) is 0 Å². The van der Waals surface area contributed by atoms with Crippen molar-refractivity contribution in [2.75, 3.05) is 0 Å². The maximum atomic E-state index is 12.5. The molecule has 0 aliphatic heterocycles. The van der Waals surface area contributed by atoms with Gasteiger partial charge in [-0.3, -0.25) is 4.79 Å². The summed E-state index contributed by atoms with van der Waals surface area (Å²) >= 11 is 5.80. The molecule has 0 unspecified atom stereocenters. The zero-order chi connectivity index (χ0) is 15.9. The van der Waals surface area contributed by atoms with E-state index in [1.54, 1.807) is 48.5 Å². The van der Waals surface area contributed by atoms with Gasteiger partial charge in [-0.05, 0) is 49.7 Å². The van der Waals surface area contributed by atoms with Crippen molar-refractivity contribution in [1.82, 2.24) is 0 Å². The first-order chi connectivity index (χ1) is 10.4. The molecule has 0 aromatic heterocycles. The van der Waals surface area contributed by atoms with Crippen molar-refractivity contribution >= 4 is 27.2 Å². The molecule has 3 rings (SSSR count). The fraction of sp³-hybridized carbons (Fsp3) is 0.235. The van der Waals surface area contributed by atoms with Crippen molar-refractivity contribution in [3.63, 3.8) is 0 Å². The maximum Gasteiger partial charge on any atom is 0.181 e. The van der Waals surface area contributed by atoms with Crippen LogP contribution in [0.2, 0.25) is 5.02 Å². The predicted molar refractivity (Wildman–Crippen MR) is 86.0 cm³/mol. The lowest BCUT2D eigenvalue weighted by molar-refractivity contribution is 0.0968. The summed E-state index contributed by atoms with van der Waals surface area (Å²) in [5.41, 5.74) is 1.51. The maximum absolute atomic E-state index is 12.5. The summed E-state index contributed by atoms with van der Waals surface area (Å²) in [4.78, 5) is 12.6. The van der Waals surface area contributed by atoms with Crippen molar-refractivity contribution < 1.29 is 13.2 Å². The molecule has 2 atom stereocenters. The Bertz CT molecular complexity index is 808. The van der Waals surface area contributed by atoms with Gasteiger partial charge in [-0.1, -0.05) is 29.3 Å². The number of carbonyl (C=O) groups excluding carboxylic acids is 1. The van der Waals surface area contributed by atoms with Crippen molar-refractivity contribution in [2.24, 2.45) is 5.92 Å². The van der Waals surface area contributed by atoms with Gasteiger partial charge in [0.15, 0.2) is 15.6 Å². The Morgan fingerprint density at radius 2 is 1.64 bits per heavy atom. The summed E-state index contributed by atoms with van der Waals surface area (Å²) in [6.07, 6.45) is 0.387. The summed E-state index contributed by atoms with van der Waals surface area (Å²) in [7, 11) is -3.44. The van der Waals surface area contributed by atoms with Crippen LogP contribution in [0.3, 0.4) is 0 Å². The molecule has 0 bridgehead atoms. The molecule has 0 heterocycles. The van der Waals surface area contributed by atoms with E-state index in [2.05, 4.69) is 0 Å². The molecule has 22 heavy (non-hydrogen) atoms. The van der Waals surface area contributed by atoms with Gasteiger partial charge in [-0.2, -0.15) is 0 Å².